The minimum atomic E-state index is 0.0911. The minimum Gasteiger partial charge on any atom is -0.383 e. The molecule has 0 spiro atoms. The summed E-state index contributed by atoms with van der Waals surface area (Å²) in [5.74, 6) is 0.856. The van der Waals surface area contributed by atoms with Crippen molar-refractivity contribution in [3.05, 3.63) is 41.7 Å². The van der Waals surface area contributed by atoms with E-state index in [1.54, 1.807) is 7.11 Å². The molecule has 6 nitrogen and oxygen atoms in total. The van der Waals surface area contributed by atoms with E-state index in [2.05, 4.69) is 59.0 Å². The molecule has 0 aliphatic rings. The van der Waals surface area contributed by atoms with Crippen LogP contribution in [0.1, 0.15) is 37.3 Å². The Morgan fingerprint density at radius 1 is 1.24 bits per heavy atom. The zero-order valence-corrected chi connectivity index (χ0v) is 12.9. The van der Waals surface area contributed by atoms with Crippen LogP contribution in [-0.2, 0) is 11.2 Å². The maximum absolute atomic E-state index is 5.05. The molecule has 1 heterocycles. The van der Waals surface area contributed by atoms with E-state index >= 15 is 0 Å². The second-order valence-corrected chi connectivity index (χ2v) is 5.19. The van der Waals surface area contributed by atoms with Gasteiger partial charge in [0.1, 0.15) is 0 Å². The summed E-state index contributed by atoms with van der Waals surface area (Å²) in [6.07, 6.45) is 0.906. The van der Waals surface area contributed by atoms with E-state index in [1.807, 2.05) is 10.7 Å². The summed E-state index contributed by atoms with van der Waals surface area (Å²) in [4.78, 5) is 0. The van der Waals surface area contributed by atoms with Crippen LogP contribution in [-0.4, -0.2) is 40.5 Å². The van der Waals surface area contributed by atoms with Crippen molar-refractivity contribution in [3.63, 3.8) is 0 Å². The van der Waals surface area contributed by atoms with Crippen molar-refractivity contribution in [3.8, 4) is 0 Å². The topological polar surface area (TPSA) is 64.9 Å². The van der Waals surface area contributed by atoms with Gasteiger partial charge in [0.05, 0.1) is 18.7 Å². The van der Waals surface area contributed by atoms with Gasteiger partial charge in [0, 0.05) is 13.7 Å². The molecule has 0 aliphatic carbocycles. The molecule has 1 aromatic heterocycles. The van der Waals surface area contributed by atoms with Gasteiger partial charge in [0.15, 0.2) is 5.82 Å². The second-order valence-electron chi connectivity index (χ2n) is 5.19. The monoisotopic (exact) mass is 289 g/mol. The number of ether oxygens (including phenoxy) is 1. The Morgan fingerprint density at radius 2 is 2.00 bits per heavy atom. The van der Waals surface area contributed by atoms with Gasteiger partial charge < -0.3 is 10.1 Å². The molecule has 0 saturated heterocycles. The fourth-order valence-corrected chi connectivity index (χ4v) is 2.31. The van der Waals surface area contributed by atoms with Gasteiger partial charge in [-0.1, -0.05) is 30.3 Å². The van der Waals surface area contributed by atoms with E-state index in [1.165, 1.54) is 5.56 Å². The van der Waals surface area contributed by atoms with Crippen molar-refractivity contribution in [1.82, 2.24) is 25.5 Å². The van der Waals surface area contributed by atoms with E-state index < -0.39 is 0 Å². The Kier molecular flexibility index (Phi) is 5.83. The molecule has 2 atom stereocenters. The predicted molar refractivity (Wildman–Crippen MR) is 81.0 cm³/mol. The second kappa shape index (κ2) is 7.85. The van der Waals surface area contributed by atoms with Crippen molar-refractivity contribution in [2.45, 2.75) is 32.4 Å². The van der Waals surface area contributed by atoms with Crippen LogP contribution in [0, 0.1) is 0 Å². The number of hydrogen-bond donors (Lipinski definition) is 1. The first-order valence-corrected chi connectivity index (χ1v) is 7.26. The average Bonchev–Trinajstić information content (AvgIpc) is 2.98. The molecule has 6 heteroatoms. The normalized spacial score (nSPS) is 14.0. The SMILES string of the molecule is COCCNC(C)c1nnnn1C(C)Cc1ccccc1. The van der Waals surface area contributed by atoms with Crippen LogP contribution in [0.25, 0.3) is 0 Å². The highest BCUT2D eigenvalue weighted by Gasteiger charge is 2.18. The fraction of sp³-hybridized carbons (Fsp3) is 0.533. The summed E-state index contributed by atoms with van der Waals surface area (Å²) in [6, 6.07) is 10.7. The van der Waals surface area contributed by atoms with Gasteiger partial charge in [-0.3, -0.25) is 0 Å². The van der Waals surface area contributed by atoms with Crippen molar-refractivity contribution < 1.29 is 4.74 Å². The molecule has 0 fully saturated rings. The Hall–Kier alpha value is -1.79. The number of nitrogens with one attached hydrogen (secondary N) is 1. The van der Waals surface area contributed by atoms with E-state index in [4.69, 9.17) is 4.74 Å². The third-order valence-electron chi connectivity index (χ3n) is 3.45. The van der Waals surface area contributed by atoms with E-state index in [9.17, 15) is 0 Å². The number of nitrogens with zero attached hydrogens (tertiary/aromatic N) is 4. The van der Waals surface area contributed by atoms with Gasteiger partial charge in [0.25, 0.3) is 0 Å². The fourth-order valence-electron chi connectivity index (χ4n) is 2.31. The van der Waals surface area contributed by atoms with Crippen LogP contribution in [0.3, 0.4) is 0 Å². The lowest BCUT2D eigenvalue weighted by Crippen LogP contribution is -2.27. The van der Waals surface area contributed by atoms with Crippen LogP contribution < -0.4 is 5.32 Å². The van der Waals surface area contributed by atoms with Crippen LogP contribution in [0.2, 0.25) is 0 Å². The molecule has 0 radical (unpaired) electrons. The van der Waals surface area contributed by atoms with Gasteiger partial charge in [-0.25, -0.2) is 4.68 Å². The van der Waals surface area contributed by atoms with Crippen molar-refractivity contribution in [1.29, 1.82) is 0 Å². The summed E-state index contributed by atoms with van der Waals surface area (Å²) in [7, 11) is 1.69. The lowest BCUT2D eigenvalue weighted by Gasteiger charge is -2.17. The highest BCUT2D eigenvalue weighted by molar-refractivity contribution is 5.15. The Morgan fingerprint density at radius 3 is 2.71 bits per heavy atom. The van der Waals surface area contributed by atoms with Crippen molar-refractivity contribution >= 4 is 0 Å². The smallest absolute Gasteiger partial charge is 0.168 e. The number of hydrogen-bond acceptors (Lipinski definition) is 5. The highest BCUT2D eigenvalue weighted by Crippen LogP contribution is 2.17. The zero-order chi connectivity index (χ0) is 15.1. The molecule has 0 saturated carbocycles. The molecule has 0 bridgehead atoms. The number of benzene rings is 1. The third kappa shape index (κ3) is 4.34. The summed E-state index contributed by atoms with van der Waals surface area (Å²) < 4.78 is 6.95. The van der Waals surface area contributed by atoms with Gasteiger partial charge in [-0.2, -0.15) is 0 Å². The number of methoxy groups -OCH3 is 1. The van der Waals surface area contributed by atoms with Crippen LogP contribution >= 0.6 is 0 Å². The standard InChI is InChI=1S/C15H23N5O/c1-12(11-14-7-5-4-6-8-14)20-15(17-18-19-20)13(2)16-9-10-21-3/h4-8,12-13,16H,9-11H2,1-3H3. The van der Waals surface area contributed by atoms with E-state index in [-0.39, 0.29) is 12.1 Å². The molecule has 1 N–H and O–H groups in total. The van der Waals surface area contributed by atoms with Crippen molar-refractivity contribution in [2.24, 2.45) is 0 Å². The molecule has 0 amide bonds. The maximum atomic E-state index is 5.05. The molecule has 2 rings (SSSR count). The minimum absolute atomic E-state index is 0.0911. The first-order chi connectivity index (χ1) is 10.2. The molecule has 0 aliphatic heterocycles. The predicted octanol–water partition coefficient (Wildman–Crippen LogP) is 1.77. The van der Waals surface area contributed by atoms with E-state index in [0.29, 0.717) is 6.61 Å². The average molecular weight is 289 g/mol. The highest BCUT2D eigenvalue weighted by atomic mass is 16.5. The Bertz CT molecular complexity index is 528. The lowest BCUT2D eigenvalue weighted by atomic mass is 10.1. The van der Waals surface area contributed by atoms with Gasteiger partial charge in [0.2, 0.25) is 0 Å². The van der Waals surface area contributed by atoms with Crippen molar-refractivity contribution in [2.75, 3.05) is 20.3 Å². The molecule has 2 aromatic rings. The first kappa shape index (κ1) is 15.6. The molecular formula is C15H23N5O. The molecule has 114 valence electrons. The first-order valence-electron chi connectivity index (χ1n) is 7.26. The Balaban J connectivity index is 2.01. The van der Waals surface area contributed by atoms with Gasteiger partial charge in [-0.15, -0.1) is 5.10 Å². The number of aromatic nitrogens is 4. The third-order valence-corrected chi connectivity index (χ3v) is 3.45. The van der Waals surface area contributed by atoms with Gasteiger partial charge >= 0.3 is 0 Å². The maximum Gasteiger partial charge on any atom is 0.168 e. The number of tetrazole rings is 1. The van der Waals surface area contributed by atoms with E-state index in [0.717, 1.165) is 18.8 Å². The summed E-state index contributed by atoms with van der Waals surface area (Å²) >= 11 is 0. The summed E-state index contributed by atoms with van der Waals surface area (Å²) in [5, 5.41) is 15.5. The van der Waals surface area contributed by atoms with Gasteiger partial charge in [-0.05, 0) is 36.3 Å². The largest absolute Gasteiger partial charge is 0.383 e. The quantitative estimate of drug-likeness (QED) is 0.750. The number of rotatable bonds is 8. The lowest BCUT2D eigenvalue weighted by molar-refractivity contribution is 0.195. The van der Waals surface area contributed by atoms with Crippen LogP contribution in [0.4, 0.5) is 0 Å². The molecule has 2 unspecified atom stereocenters. The molecule has 1 aromatic carbocycles. The molecular weight excluding hydrogens is 266 g/mol. The van der Waals surface area contributed by atoms with Crippen LogP contribution in [0.15, 0.2) is 30.3 Å². The summed E-state index contributed by atoms with van der Waals surface area (Å²) in [5.41, 5.74) is 1.28. The Labute approximate surface area is 125 Å². The zero-order valence-electron chi connectivity index (χ0n) is 12.9. The summed E-state index contributed by atoms with van der Waals surface area (Å²) in [6.45, 7) is 5.64. The molecule has 21 heavy (non-hydrogen) atoms. The van der Waals surface area contributed by atoms with Crippen LogP contribution in [0.5, 0.6) is 0 Å².